The SMILES string of the molecule is CC(C)(C)OC(=O)c1oc2ccccc2c1N. The highest BCUT2D eigenvalue weighted by atomic mass is 16.6. The maximum Gasteiger partial charge on any atom is 0.377 e. The lowest BCUT2D eigenvalue weighted by atomic mass is 10.2. The molecule has 2 N–H and O–H groups in total. The molecule has 1 heterocycles. The Hall–Kier alpha value is -1.97. The second-order valence-electron chi connectivity index (χ2n) is 4.84. The maximum atomic E-state index is 11.9. The number of nitrogens with two attached hydrogens (primary N) is 1. The van der Waals surface area contributed by atoms with Crippen molar-refractivity contribution in [3.8, 4) is 0 Å². The van der Waals surface area contributed by atoms with Gasteiger partial charge in [0.15, 0.2) is 0 Å². The highest BCUT2D eigenvalue weighted by Crippen LogP contribution is 2.29. The zero-order valence-electron chi connectivity index (χ0n) is 10.1. The molecule has 0 aliphatic heterocycles. The Labute approximate surface area is 99.3 Å². The molecule has 0 radical (unpaired) electrons. The van der Waals surface area contributed by atoms with Crippen LogP contribution in [-0.2, 0) is 4.74 Å². The minimum absolute atomic E-state index is 0.0705. The van der Waals surface area contributed by atoms with E-state index in [9.17, 15) is 4.79 Å². The van der Waals surface area contributed by atoms with Crippen LogP contribution in [0, 0.1) is 0 Å². The van der Waals surface area contributed by atoms with E-state index < -0.39 is 11.6 Å². The second kappa shape index (κ2) is 3.80. The van der Waals surface area contributed by atoms with Crippen LogP contribution in [0.1, 0.15) is 31.3 Å². The van der Waals surface area contributed by atoms with Crippen molar-refractivity contribution in [2.24, 2.45) is 0 Å². The molecule has 0 bridgehead atoms. The molecule has 0 saturated carbocycles. The Kier molecular flexibility index (Phi) is 2.58. The Morgan fingerprint density at radius 1 is 1.29 bits per heavy atom. The Bertz CT molecular complexity index is 564. The van der Waals surface area contributed by atoms with E-state index in [0.717, 1.165) is 5.39 Å². The first-order valence-electron chi connectivity index (χ1n) is 5.39. The van der Waals surface area contributed by atoms with E-state index in [-0.39, 0.29) is 5.76 Å². The van der Waals surface area contributed by atoms with Crippen LogP contribution in [-0.4, -0.2) is 11.6 Å². The van der Waals surface area contributed by atoms with E-state index in [2.05, 4.69) is 0 Å². The highest BCUT2D eigenvalue weighted by molar-refractivity contribution is 6.03. The average molecular weight is 233 g/mol. The summed E-state index contributed by atoms with van der Waals surface area (Å²) < 4.78 is 10.6. The van der Waals surface area contributed by atoms with Gasteiger partial charge < -0.3 is 14.9 Å². The van der Waals surface area contributed by atoms with Crippen LogP contribution in [0.25, 0.3) is 11.0 Å². The number of para-hydroxylation sites is 1. The maximum absolute atomic E-state index is 11.9. The van der Waals surface area contributed by atoms with Gasteiger partial charge in [0.25, 0.3) is 0 Å². The van der Waals surface area contributed by atoms with E-state index in [1.165, 1.54) is 0 Å². The first kappa shape index (κ1) is 11.5. The first-order chi connectivity index (χ1) is 7.88. The smallest absolute Gasteiger partial charge is 0.377 e. The van der Waals surface area contributed by atoms with E-state index in [4.69, 9.17) is 14.9 Å². The third-order valence-corrected chi connectivity index (χ3v) is 2.22. The molecule has 1 aromatic heterocycles. The second-order valence-corrected chi connectivity index (χ2v) is 4.84. The third-order valence-electron chi connectivity index (χ3n) is 2.22. The van der Waals surface area contributed by atoms with Gasteiger partial charge in [-0.15, -0.1) is 0 Å². The molecule has 4 nitrogen and oxygen atoms in total. The normalized spacial score (nSPS) is 11.7. The van der Waals surface area contributed by atoms with E-state index in [0.29, 0.717) is 11.3 Å². The van der Waals surface area contributed by atoms with Crippen molar-refractivity contribution in [1.29, 1.82) is 0 Å². The van der Waals surface area contributed by atoms with Gasteiger partial charge in [0, 0.05) is 5.39 Å². The number of furan rings is 1. The number of anilines is 1. The molecule has 0 atom stereocenters. The molecular formula is C13H15NO3. The van der Waals surface area contributed by atoms with Crippen LogP contribution < -0.4 is 5.73 Å². The number of carbonyl (C=O) groups is 1. The summed E-state index contributed by atoms with van der Waals surface area (Å²) in [5, 5.41) is 0.730. The highest BCUT2D eigenvalue weighted by Gasteiger charge is 2.24. The Morgan fingerprint density at radius 3 is 2.53 bits per heavy atom. The summed E-state index contributed by atoms with van der Waals surface area (Å²) in [7, 11) is 0. The van der Waals surface area contributed by atoms with Gasteiger partial charge >= 0.3 is 5.97 Å². The lowest BCUT2D eigenvalue weighted by Gasteiger charge is -2.18. The number of benzene rings is 1. The fraction of sp³-hybridized carbons (Fsp3) is 0.308. The van der Waals surface area contributed by atoms with Crippen molar-refractivity contribution >= 4 is 22.6 Å². The number of nitrogen functional groups attached to an aromatic ring is 1. The Balaban J connectivity index is 2.43. The van der Waals surface area contributed by atoms with Crippen molar-refractivity contribution in [1.82, 2.24) is 0 Å². The minimum atomic E-state index is -0.567. The van der Waals surface area contributed by atoms with Crippen molar-refractivity contribution < 1.29 is 13.9 Å². The predicted octanol–water partition coefficient (Wildman–Crippen LogP) is 2.97. The summed E-state index contributed by atoms with van der Waals surface area (Å²) in [4.78, 5) is 11.9. The lowest BCUT2D eigenvalue weighted by Crippen LogP contribution is -2.24. The van der Waals surface area contributed by atoms with Crippen LogP contribution in [0.2, 0.25) is 0 Å². The molecule has 0 saturated heterocycles. The molecule has 2 rings (SSSR count). The number of rotatable bonds is 1. The minimum Gasteiger partial charge on any atom is -0.454 e. The van der Waals surface area contributed by atoms with Crippen LogP contribution >= 0.6 is 0 Å². The number of hydrogen-bond acceptors (Lipinski definition) is 4. The predicted molar refractivity (Wildman–Crippen MR) is 65.8 cm³/mol. The molecular weight excluding hydrogens is 218 g/mol. The number of ether oxygens (including phenoxy) is 1. The molecule has 0 aliphatic carbocycles. The number of hydrogen-bond donors (Lipinski definition) is 1. The molecule has 0 amide bonds. The summed E-state index contributed by atoms with van der Waals surface area (Å²) in [6.45, 7) is 5.39. The van der Waals surface area contributed by atoms with Crippen LogP contribution in [0.3, 0.4) is 0 Å². The molecule has 17 heavy (non-hydrogen) atoms. The summed E-state index contributed by atoms with van der Waals surface area (Å²) in [6.07, 6.45) is 0. The summed E-state index contributed by atoms with van der Waals surface area (Å²) >= 11 is 0. The average Bonchev–Trinajstić information content (AvgIpc) is 2.55. The molecule has 0 spiro atoms. The number of esters is 1. The van der Waals surface area contributed by atoms with Crippen molar-refractivity contribution in [2.45, 2.75) is 26.4 Å². The topological polar surface area (TPSA) is 65.5 Å². The van der Waals surface area contributed by atoms with Crippen molar-refractivity contribution in [3.05, 3.63) is 30.0 Å². The number of fused-ring (bicyclic) bond motifs is 1. The summed E-state index contributed by atoms with van der Waals surface area (Å²) in [5.41, 5.74) is 6.21. The van der Waals surface area contributed by atoms with Gasteiger partial charge in [-0.25, -0.2) is 4.79 Å². The van der Waals surface area contributed by atoms with Gasteiger partial charge in [-0.1, -0.05) is 12.1 Å². The van der Waals surface area contributed by atoms with Gasteiger partial charge in [-0.3, -0.25) is 0 Å². The van der Waals surface area contributed by atoms with Crippen molar-refractivity contribution in [3.63, 3.8) is 0 Å². The van der Waals surface area contributed by atoms with Gasteiger partial charge in [0.05, 0.1) is 5.69 Å². The van der Waals surface area contributed by atoms with Gasteiger partial charge in [0.2, 0.25) is 5.76 Å². The van der Waals surface area contributed by atoms with Crippen LogP contribution in [0.5, 0.6) is 0 Å². The summed E-state index contributed by atoms with van der Waals surface area (Å²) in [6, 6.07) is 7.23. The molecule has 2 aromatic rings. The fourth-order valence-corrected chi connectivity index (χ4v) is 1.54. The zero-order chi connectivity index (χ0) is 12.6. The molecule has 0 aliphatic rings. The first-order valence-corrected chi connectivity index (χ1v) is 5.39. The third kappa shape index (κ3) is 2.25. The summed E-state index contributed by atoms with van der Waals surface area (Å²) in [5.74, 6) is -0.465. The fourth-order valence-electron chi connectivity index (χ4n) is 1.54. The molecule has 0 fully saturated rings. The van der Waals surface area contributed by atoms with Crippen molar-refractivity contribution in [2.75, 3.05) is 5.73 Å². The molecule has 90 valence electrons. The van der Waals surface area contributed by atoms with Gasteiger partial charge in [-0.2, -0.15) is 0 Å². The quantitative estimate of drug-likeness (QED) is 0.769. The van der Waals surface area contributed by atoms with E-state index in [1.807, 2.05) is 18.2 Å². The zero-order valence-corrected chi connectivity index (χ0v) is 10.1. The van der Waals surface area contributed by atoms with Crippen LogP contribution in [0.15, 0.2) is 28.7 Å². The van der Waals surface area contributed by atoms with Gasteiger partial charge in [-0.05, 0) is 32.9 Å². The van der Waals surface area contributed by atoms with Gasteiger partial charge in [0.1, 0.15) is 11.2 Å². The Morgan fingerprint density at radius 2 is 1.94 bits per heavy atom. The molecule has 4 heteroatoms. The number of carbonyl (C=O) groups excluding carboxylic acids is 1. The lowest BCUT2D eigenvalue weighted by molar-refractivity contribution is 0.00398. The standard InChI is InChI=1S/C13H15NO3/c1-13(2,3)17-12(15)11-10(14)8-6-4-5-7-9(8)16-11/h4-7H,14H2,1-3H3. The van der Waals surface area contributed by atoms with E-state index >= 15 is 0 Å². The van der Waals surface area contributed by atoms with E-state index in [1.54, 1.807) is 26.8 Å². The molecule has 0 unspecified atom stereocenters. The molecule has 1 aromatic carbocycles. The monoisotopic (exact) mass is 233 g/mol. The largest absolute Gasteiger partial charge is 0.454 e. The van der Waals surface area contributed by atoms with Crippen LogP contribution in [0.4, 0.5) is 5.69 Å².